The van der Waals surface area contributed by atoms with Crippen molar-refractivity contribution in [2.45, 2.75) is 20.1 Å². The molecule has 0 unspecified atom stereocenters. The quantitative estimate of drug-likeness (QED) is 0.639. The van der Waals surface area contributed by atoms with Gasteiger partial charge in [0, 0.05) is 12.2 Å². The average Bonchev–Trinajstić information content (AvgIpc) is 2.66. The third kappa shape index (κ3) is 4.86. The van der Waals surface area contributed by atoms with E-state index in [0.717, 1.165) is 22.6 Å². The van der Waals surface area contributed by atoms with Crippen LogP contribution in [0.4, 0.5) is 5.69 Å². The maximum absolute atomic E-state index is 11.0. The molecule has 26 heavy (non-hydrogen) atoms. The molecule has 0 saturated heterocycles. The molecule has 0 atom stereocenters. The fraction of sp³-hybridized carbons (Fsp3) is 0.136. The fourth-order valence-corrected chi connectivity index (χ4v) is 2.56. The highest BCUT2D eigenvalue weighted by atomic mass is 16.5. The van der Waals surface area contributed by atoms with Gasteiger partial charge in [-0.1, -0.05) is 48.0 Å². The van der Waals surface area contributed by atoms with Gasteiger partial charge in [-0.05, 0) is 48.4 Å². The van der Waals surface area contributed by atoms with E-state index in [1.807, 2.05) is 30.3 Å². The van der Waals surface area contributed by atoms with Crippen molar-refractivity contribution in [3.63, 3.8) is 0 Å². The summed E-state index contributed by atoms with van der Waals surface area (Å²) in [4.78, 5) is 11.0. The summed E-state index contributed by atoms with van der Waals surface area (Å²) < 4.78 is 5.87. The first-order valence-corrected chi connectivity index (χ1v) is 8.45. The maximum Gasteiger partial charge on any atom is 0.335 e. The highest BCUT2D eigenvalue weighted by Crippen LogP contribution is 2.17. The van der Waals surface area contributed by atoms with E-state index in [0.29, 0.717) is 13.2 Å². The van der Waals surface area contributed by atoms with Gasteiger partial charge < -0.3 is 15.2 Å². The number of carboxylic acid groups (broad SMARTS) is 1. The van der Waals surface area contributed by atoms with Crippen molar-refractivity contribution in [3.05, 3.63) is 95.1 Å². The standard InChI is InChI=1S/C22H21NO3/c1-16-8-10-17(11-9-16)15-26-21-7-2-4-18(12-21)14-23-20-6-3-5-19(13-20)22(24)25/h2-13,23H,14-15H2,1H3,(H,24,25). The number of rotatable bonds is 7. The summed E-state index contributed by atoms with van der Waals surface area (Å²) >= 11 is 0. The smallest absolute Gasteiger partial charge is 0.335 e. The molecule has 0 aliphatic carbocycles. The van der Waals surface area contributed by atoms with Crippen LogP contribution in [0.25, 0.3) is 0 Å². The van der Waals surface area contributed by atoms with E-state index < -0.39 is 5.97 Å². The van der Waals surface area contributed by atoms with Gasteiger partial charge in [0.2, 0.25) is 0 Å². The number of hydrogen-bond acceptors (Lipinski definition) is 3. The van der Waals surface area contributed by atoms with Gasteiger partial charge in [0.05, 0.1) is 5.56 Å². The predicted octanol–water partition coefficient (Wildman–Crippen LogP) is 4.88. The number of hydrogen-bond donors (Lipinski definition) is 2. The monoisotopic (exact) mass is 347 g/mol. The van der Waals surface area contributed by atoms with Crippen LogP contribution in [0.5, 0.6) is 5.75 Å². The molecular formula is C22H21NO3. The Kier molecular flexibility index (Phi) is 5.54. The number of carbonyl (C=O) groups is 1. The number of carboxylic acids is 1. The molecule has 3 rings (SSSR count). The molecular weight excluding hydrogens is 326 g/mol. The van der Waals surface area contributed by atoms with Crippen LogP contribution in [0.15, 0.2) is 72.8 Å². The summed E-state index contributed by atoms with van der Waals surface area (Å²) in [6, 6.07) is 22.9. The zero-order chi connectivity index (χ0) is 18.4. The molecule has 0 bridgehead atoms. The summed E-state index contributed by atoms with van der Waals surface area (Å²) in [5.74, 6) is -0.121. The van der Waals surface area contributed by atoms with Crippen LogP contribution in [0, 0.1) is 6.92 Å². The maximum atomic E-state index is 11.0. The zero-order valence-corrected chi connectivity index (χ0v) is 14.6. The second kappa shape index (κ2) is 8.21. The zero-order valence-electron chi connectivity index (χ0n) is 14.6. The van der Waals surface area contributed by atoms with Gasteiger partial charge in [-0.25, -0.2) is 4.79 Å². The molecule has 0 spiro atoms. The van der Waals surface area contributed by atoms with Crippen LogP contribution in [0.1, 0.15) is 27.0 Å². The number of benzene rings is 3. The molecule has 0 amide bonds. The van der Waals surface area contributed by atoms with Crippen LogP contribution >= 0.6 is 0 Å². The van der Waals surface area contributed by atoms with Crippen molar-refractivity contribution in [1.82, 2.24) is 0 Å². The third-order valence-electron chi connectivity index (χ3n) is 4.03. The molecule has 3 aromatic rings. The first-order valence-electron chi connectivity index (χ1n) is 8.45. The van der Waals surface area contributed by atoms with Gasteiger partial charge in [0.1, 0.15) is 12.4 Å². The van der Waals surface area contributed by atoms with Crippen molar-refractivity contribution in [2.75, 3.05) is 5.32 Å². The summed E-state index contributed by atoms with van der Waals surface area (Å²) in [5.41, 5.74) is 4.46. The minimum atomic E-state index is -0.930. The minimum absolute atomic E-state index is 0.269. The number of anilines is 1. The van der Waals surface area contributed by atoms with E-state index in [2.05, 4.69) is 36.5 Å². The normalized spacial score (nSPS) is 10.3. The van der Waals surface area contributed by atoms with Crippen molar-refractivity contribution >= 4 is 11.7 Å². The van der Waals surface area contributed by atoms with E-state index in [-0.39, 0.29) is 5.56 Å². The highest BCUT2D eigenvalue weighted by molar-refractivity contribution is 5.88. The SMILES string of the molecule is Cc1ccc(COc2cccc(CNc3cccc(C(=O)O)c3)c2)cc1. The molecule has 0 fully saturated rings. The molecule has 0 heterocycles. The summed E-state index contributed by atoms with van der Waals surface area (Å²) in [6.07, 6.45) is 0. The van der Waals surface area contributed by atoms with E-state index in [1.54, 1.807) is 18.2 Å². The summed E-state index contributed by atoms with van der Waals surface area (Å²) in [6.45, 7) is 3.18. The van der Waals surface area contributed by atoms with Crippen LogP contribution in [0.2, 0.25) is 0 Å². The summed E-state index contributed by atoms with van der Waals surface area (Å²) in [5, 5.41) is 12.3. The summed E-state index contributed by atoms with van der Waals surface area (Å²) in [7, 11) is 0. The lowest BCUT2D eigenvalue weighted by atomic mass is 10.1. The Morgan fingerprint density at radius 1 is 0.962 bits per heavy atom. The first kappa shape index (κ1) is 17.5. The van der Waals surface area contributed by atoms with E-state index in [1.165, 1.54) is 5.56 Å². The van der Waals surface area contributed by atoms with E-state index >= 15 is 0 Å². The van der Waals surface area contributed by atoms with Crippen molar-refractivity contribution in [2.24, 2.45) is 0 Å². The third-order valence-corrected chi connectivity index (χ3v) is 4.03. The van der Waals surface area contributed by atoms with Crippen molar-refractivity contribution < 1.29 is 14.6 Å². The average molecular weight is 347 g/mol. The van der Waals surface area contributed by atoms with E-state index in [9.17, 15) is 4.79 Å². The number of aryl methyl sites for hydroxylation is 1. The molecule has 3 aromatic carbocycles. The largest absolute Gasteiger partial charge is 0.489 e. The van der Waals surface area contributed by atoms with Crippen molar-refractivity contribution in [3.8, 4) is 5.75 Å². The van der Waals surface area contributed by atoms with Crippen LogP contribution in [-0.2, 0) is 13.2 Å². The molecule has 2 N–H and O–H groups in total. The predicted molar refractivity (Wildman–Crippen MR) is 103 cm³/mol. The topological polar surface area (TPSA) is 58.6 Å². The van der Waals surface area contributed by atoms with Crippen molar-refractivity contribution in [1.29, 1.82) is 0 Å². The van der Waals surface area contributed by atoms with Gasteiger partial charge in [-0.2, -0.15) is 0 Å². The molecule has 132 valence electrons. The van der Waals surface area contributed by atoms with E-state index in [4.69, 9.17) is 9.84 Å². The number of aromatic carboxylic acids is 1. The van der Waals surface area contributed by atoms with Gasteiger partial charge in [-0.15, -0.1) is 0 Å². The Morgan fingerprint density at radius 3 is 2.50 bits per heavy atom. The Balaban J connectivity index is 1.59. The van der Waals surface area contributed by atoms with Crippen LogP contribution < -0.4 is 10.1 Å². The lowest BCUT2D eigenvalue weighted by molar-refractivity contribution is 0.0697. The van der Waals surface area contributed by atoms with Gasteiger partial charge in [-0.3, -0.25) is 0 Å². The number of nitrogens with one attached hydrogen (secondary N) is 1. The lowest BCUT2D eigenvalue weighted by Gasteiger charge is -2.10. The van der Waals surface area contributed by atoms with Crippen LogP contribution in [0.3, 0.4) is 0 Å². The first-order chi connectivity index (χ1) is 12.6. The van der Waals surface area contributed by atoms with Gasteiger partial charge >= 0.3 is 5.97 Å². The Bertz CT molecular complexity index is 888. The Labute approximate surface area is 153 Å². The molecule has 0 aliphatic rings. The highest BCUT2D eigenvalue weighted by Gasteiger charge is 2.03. The van der Waals surface area contributed by atoms with Gasteiger partial charge in [0.25, 0.3) is 0 Å². The molecule has 0 aromatic heterocycles. The van der Waals surface area contributed by atoms with Crippen LogP contribution in [-0.4, -0.2) is 11.1 Å². The second-order valence-electron chi connectivity index (χ2n) is 6.16. The molecule has 4 heteroatoms. The lowest BCUT2D eigenvalue weighted by Crippen LogP contribution is -2.02. The number of ether oxygens (including phenoxy) is 1. The minimum Gasteiger partial charge on any atom is -0.489 e. The molecule has 0 aliphatic heterocycles. The second-order valence-corrected chi connectivity index (χ2v) is 6.16. The van der Waals surface area contributed by atoms with Gasteiger partial charge in [0.15, 0.2) is 0 Å². The molecule has 0 radical (unpaired) electrons. The molecule has 0 saturated carbocycles. The Hall–Kier alpha value is -3.27. The fourth-order valence-electron chi connectivity index (χ4n) is 2.56. The molecule has 4 nitrogen and oxygen atoms in total. The Morgan fingerprint density at radius 2 is 1.73 bits per heavy atom.